The highest BCUT2D eigenvalue weighted by molar-refractivity contribution is 5.80. The van der Waals surface area contributed by atoms with Gasteiger partial charge >= 0.3 is 0 Å². The summed E-state index contributed by atoms with van der Waals surface area (Å²) in [5.41, 5.74) is 9.71. The van der Waals surface area contributed by atoms with Gasteiger partial charge in [-0.2, -0.15) is 5.10 Å². The first-order chi connectivity index (χ1) is 13.2. The van der Waals surface area contributed by atoms with Crippen LogP contribution in [0.2, 0.25) is 0 Å². The Morgan fingerprint density at radius 2 is 1.78 bits per heavy atom. The van der Waals surface area contributed by atoms with Crippen molar-refractivity contribution in [1.29, 1.82) is 5.41 Å². The summed E-state index contributed by atoms with van der Waals surface area (Å²) < 4.78 is 3.13. The molecule has 27 heavy (non-hydrogen) atoms. The van der Waals surface area contributed by atoms with E-state index in [4.69, 9.17) is 17.7 Å². The van der Waals surface area contributed by atoms with Crippen LogP contribution in [0.3, 0.4) is 0 Å². The third-order valence-corrected chi connectivity index (χ3v) is 4.01. The summed E-state index contributed by atoms with van der Waals surface area (Å²) in [6, 6.07) is 14.4. The van der Waals surface area contributed by atoms with E-state index in [-0.39, 0.29) is 5.49 Å². The smallest absolute Gasteiger partial charge is 0.187 e. The van der Waals surface area contributed by atoms with E-state index in [0.29, 0.717) is 22.5 Å². The lowest BCUT2D eigenvalue weighted by Gasteiger charge is -2.04. The monoisotopic (exact) mass is 354 g/mol. The Labute approximate surface area is 154 Å². The van der Waals surface area contributed by atoms with Gasteiger partial charge in [-0.3, -0.25) is 9.98 Å². The van der Waals surface area contributed by atoms with E-state index in [2.05, 4.69) is 19.9 Å². The summed E-state index contributed by atoms with van der Waals surface area (Å²) in [6.07, 6.45) is 4.71. The molecule has 0 aliphatic carbocycles. The molecule has 8 heteroatoms. The zero-order valence-corrected chi connectivity index (χ0v) is 14.1. The van der Waals surface area contributed by atoms with Crippen LogP contribution >= 0.6 is 0 Å². The molecule has 8 nitrogen and oxygen atoms in total. The van der Waals surface area contributed by atoms with Crippen LogP contribution in [0.15, 0.2) is 66.3 Å². The lowest BCUT2D eigenvalue weighted by molar-refractivity contribution is 0.779. The number of hydrogen-bond acceptors (Lipinski definition) is 5. The Hall–Kier alpha value is -4.25. The Bertz CT molecular complexity index is 1240. The summed E-state index contributed by atoms with van der Waals surface area (Å²) in [6.45, 7) is 7.03. The lowest BCUT2D eigenvalue weighted by atomic mass is 10.2. The van der Waals surface area contributed by atoms with Crippen molar-refractivity contribution < 1.29 is 0 Å². The maximum atomic E-state index is 8.35. The molecule has 0 atom stereocenters. The second-order valence-electron chi connectivity index (χ2n) is 5.76. The van der Waals surface area contributed by atoms with Gasteiger partial charge < -0.3 is 5.73 Å². The van der Waals surface area contributed by atoms with Crippen molar-refractivity contribution in [3.63, 3.8) is 0 Å². The molecule has 0 aliphatic rings. The number of imidazole rings is 1. The van der Waals surface area contributed by atoms with Crippen LogP contribution in [0.4, 0.5) is 11.4 Å². The first-order valence-electron chi connectivity index (χ1n) is 8.03. The first-order valence-corrected chi connectivity index (χ1v) is 8.03. The van der Waals surface area contributed by atoms with E-state index >= 15 is 0 Å². The fourth-order valence-corrected chi connectivity index (χ4v) is 2.58. The average molecular weight is 354 g/mol. The third-order valence-electron chi connectivity index (χ3n) is 4.01. The van der Waals surface area contributed by atoms with Gasteiger partial charge in [-0.1, -0.05) is 24.3 Å². The highest BCUT2D eigenvalue weighted by atomic mass is 15.4. The fourth-order valence-electron chi connectivity index (χ4n) is 2.58. The van der Waals surface area contributed by atoms with Crippen molar-refractivity contribution in [3.8, 4) is 5.69 Å². The fraction of sp³-hybridized carbons (Fsp3) is 0. The van der Waals surface area contributed by atoms with E-state index < -0.39 is 0 Å². The molecule has 0 saturated carbocycles. The summed E-state index contributed by atoms with van der Waals surface area (Å²) in [4.78, 5) is 12.1. The van der Waals surface area contributed by atoms with Crippen molar-refractivity contribution in [3.05, 3.63) is 83.7 Å². The van der Waals surface area contributed by atoms with Gasteiger partial charge in [0, 0.05) is 11.4 Å². The summed E-state index contributed by atoms with van der Waals surface area (Å²) in [5.74, 6) is 0. The van der Waals surface area contributed by atoms with Gasteiger partial charge in [-0.25, -0.2) is 19.5 Å². The van der Waals surface area contributed by atoms with Crippen LogP contribution in [0.5, 0.6) is 0 Å². The number of fused-ring (bicyclic) bond motifs is 1. The van der Waals surface area contributed by atoms with E-state index in [1.807, 2.05) is 24.3 Å². The van der Waals surface area contributed by atoms with Crippen molar-refractivity contribution in [1.82, 2.24) is 19.2 Å². The van der Waals surface area contributed by atoms with Gasteiger partial charge in [-0.15, -0.1) is 0 Å². The molecule has 4 rings (SSSR count). The van der Waals surface area contributed by atoms with Crippen LogP contribution in [-0.4, -0.2) is 25.4 Å². The number of anilines is 1. The minimum atomic E-state index is 0.128. The van der Waals surface area contributed by atoms with Crippen molar-refractivity contribution in [2.75, 3.05) is 5.73 Å². The van der Waals surface area contributed by atoms with Gasteiger partial charge in [0.25, 0.3) is 0 Å². The molecule has 130 valence electrons. The molecule has 3 N–H and O–H groups in total. The second kappa shape index (κ2) is 6.57. The predicted octanol–water partition coefficient (Wildman–Crippen LogP) is 2.72. The van der Waals surface area contributed by atoms with Crippen LogP contribution < -0.4 is 11.2 Å². The number of benzene rings is 2. The number of nitrogens with one attached hydrogen (secondary N) is 1. The zero-order valence-electron chi connectivity index (χ0n) is 14.1. The Morgan fingerprint density at radius 1 is 1.04 bits per heavy atom. The minimum absolute atomic E-state index is 0.128. The summed E-state index contributed by atoms with van der Waals surface area (Å²) in [5, 5.41) is 12.6. The molecule has 0 fully saturated rings. The molecular formula is C19H14N8. The normalized spacial score (nSPS) is 11.1. The molecule has 0 radical (unpaired) electrons. The van der Waals surface area contributed by atoms with Gasteiger partial charge in [0.2, 0.25) is 0 Å². The summed E-state index contributed by atoms with van der Waals surface area (Å²) >= 11 is 0. The largest absolute Gasteiger partial charge is 0.399 e. The van der Waals surface area contributed by atoms with E-state index in [1.165, 1.54) is 11.0 Å². The topological polar surface area (TPSA) is 102 Å². The Morgan fingerprint density at radius 3 is 2.48 bits per heavy atom. The Balaban J connectivity index is 1.72. The van der Waals surface area contributed by atoms with E-state index in [9.17, 15) is 0 Å². The molecule has 0 amide bonds. The van der Waals surface area contributed by atoms with Crippen LogP contribution in [0.25, 0.3) is 21.7 Å². The highest BCUT2D eigenvalue weighted by Gasteiger charge is 2.09. The van der Waals surface area contributed by atoms with Gasteiger partial charge in [-0.05, 0) is 29.8 Å². The highest BCUT2D eigenvalue weighted by Crippen LogP contribution is 2.18. The predicted molar refractivity (Wildman–Crippen MR) is 103 cm³/mol. The van der Waals surface area contributed by atoms with Gasteiger partial charge in [0.05, 0.1) is 12.8 Å². The molecule has 0 aliphatic heterocycles. The van der Waals surface area contributed by atoms with Crippen molar-refractivity contribution in [2.24, 2.45) is 5.10 Å². The van der Waals surface area contributed by atoms with Gasteiger partial charge in [0.15, 0.2) is 22.3 Å². The molecule has 2 aromatic carbocycles. The molecule has 0 saturated heterocycles. The summed E-state index contributed by atoms with van der Waals surface area (Å²) in [7, 11) is 0. The quantitative estimate of drug-likeness (QED) is 0.336. The second-order valence-corrected chi connectivity index (χ2v) is 5.76. The van der Waals surface area contributed by atoms with Crippen LogP contribution in [-0.2, 0) is 0 Å². The number of nitrogen functional groups attached to an aromatic ring is 1. The number of nitrogens with zero attached hydrogens (tertiary/aromatic N) is 6. The van der Waals surface area contributed by atoms with Crippen LogP contribution in [0, 0.1) is 12.0 Å². The molecule has 0 bridgehead atoms. The van der Waals surface area contributed by atoms with Gasteiger partial charge in [0.1, 0.15) is 12.7 Å². The Kier molecular flexibility index (Phi) is 3.95. The number of nitrogens with two attached hydrogens (primary N) is 1. The maximum Gasteiger partial charge on any atom is 0.187 e. The molecule has 2 heterocycles. The number of rotatable bonds is 3. The molecule has 2 aromatic heterocycles. The first kappa shape index (κ1) is 16.2. The molecule has 0 unspecified atom stereocenters. The lowest BCUT2D eigenvalue weighted by Crippen LogP contribution is -2.18. The van der Waals surface area contributed by atoms with E-state index in [0.717, 1.165) is 11.3 Å². The molecular weight excluding hydrogens is 340 g/mol. The number of hydrogen-bond donors (Lipinski definition) is 2. The minimum Gasteiger partial charge on any atom is -0.399 e. The SMILES string of the molecule is [C-]#[N+]c1ccc(-n2cnc3c(=N)n(/N=C/c4ccc(N)cc4)cnc32)cc1. The average Bonchev–Trinajstić information content (AvgIpc) is 3.14. The molecule has 0 spiro atoms. The standard InChI is InChI=1S/C19H14N8/c1-22-15-6-8-16(9-7-15)26-11-23-17-18(21)27(12-24-19(17)26)25-10-13-2-4-14(20)5-3-13/h2-12,21H,20H2/b21-18?,25-10+. The van der Waals surface area contributed by atoms with Crippen molar-refractivity contribution >= 4 is 28.8 Å². The molecule has 4 aromatic rings. The van der Waals surface area contributed by atoms with E-state index in [1.54, 1.807) is 41.4 Å². The third kappa shape index (κ3) is 3.05. The zero-order chi connectivity index (χ0) is 18.8. The number of aromatic nitrogens is 4. The maximum absolute atomic E-state index is 8.35. The van der Waals surface area contributed by atoms with Crippen molar-refractivity contribution in [2.45, 2.75) is 0 Å². The van der Waals surface area contributed by atoms with Crippen LogP contribution in [0.1, 0.15) is 5.56 Å².